The van der Waals surface area contributed by atoms with Crippen molar-refractivity contribution >= 4 is 6.16 Å². The van der Waals surface area contributed by atoms with Gasteiger partial charge in [0.1, 0.15) is 0 Å². The molecular weight excluding hydrogens is 255 g/mol. The van der Waals surface area contributed by atoms with Gasteiger partial charge in [-0.2, -0.15) is 0 Å². The summed E-state index contributed by atoms with van der Waals surface area (Å²) in [6.07, 6.45) is -2.33. The fraction of sp³-hybridized carbons (Fsp3) is 0. The van der Waals surface area contributed by atoms with Crippen LogP contribution in [0.25, 0.3) is 0 Å². The molecule has 16 N–H and O–H groups in total. The van der Waals surface area contributed by atoms with Gasteiger partial charge in [0.05, 0.1) is 0 Å². The van der Waals surface area contributed by atoms with Gasteiger partial charge in [-0.05, 0) is 6.16 Å². The summed E-state index contributed by atoms with van der Waals surface area (Å²) in [6.45, 7) is 0. The maximum absolute atomic E-state index is 8.61. The third-order valence-corrected chi connectivity index (χ3v) is 0. The Hall–Kier alpha value is -0.287. The van der Waals surface area contributed by atoms with Crippen LogP contribution in [0.1, 0.15) is 0 Å². The van der Waals surface area contributed by atoms with E-state index in [1.54, 1.807) is 0 Å². The number of carboxylic acid groups (broad SMARTS) is 2. The van der Waals surface area contributed by atoms with Crippen LogP contribution in [0.4, 0.5) is 4.79 Å². The molecule has 12 heavy (non-hydrogen) atoms. The third kappa shape index (κ3) is 8960. The van der Waals surface area contributed by atoms with Gasteiger partial charge < -0.3 is 39.6 Å². The van der Waals surface area contributed by atoms with E-state index in [1.165, 1.54) is 0 Å². The zero-order valence-electron chi connectivity index (χ0n) is 7.45. The predicted molar refractivity (Wildman–Crippen MR) is 30.0 cm³/mol. The van der Waals surface area contributed by atoms with E-state index in [0.29, 0.717) is 0 Å². The Bertz CT molecular complexity index is 77.5. The second-order valence-corrected chi connectivity index (χ2v) is 1.73. The molecule has 0 atom stereocenters. The van der Waals surface area contributed by atoms with Crippen LogP contribution >= 0.6 is 0 Å². The fourth-order valence-electron chi connectivity index (χ4n) is 0. The average molecular weight is 271 g/mol. The average Bonchev–Trinajstić information content (AvgIpc) is 1.25. The van der Waals surface area contributed by atoms with Crippen LogP contribution in [0.15, 0.2) is 0 Å². The predicted octanol–water partition coefficient (Wildman–Crippen LogP) is -3.44. The first-order valence-corrected chi connectivity index (χ1v) is 4.24. The molecule has 0 saturated heterocycles. The van der Waals surface area contributed by atoms with Crippen LogP contribution < -0.4 is 41.2 Å². The summed E-state index contributed by atoms with van der Waals surface area (Å²) >= 11 is -4.29. The molecule has 0 amide bonds. The van der Waals surface area contributed by atoms with Gasteiger partial charge in [-0.15, -0.1) is 0 Å². The summed E-state index contributed by atoms with van der Waals surface area (Å²) in [4.78, 5) is 8.33. The summed E-state index contributed by atoms with van der Waals surface area (Å²) in [6, 6.07) is 0. The second kappa shape index (κ2) is 31.0. The topological polar surface area (TPSA) is 272 Å². The first-order valence-electron chi connectivity index (χ1n) is 1.22. The first-order chi connectivity index (χ1) is 3.46. The Morgan fingerprint density at radius 2 is 0.917 bits per heavy atom. The quantitative estimate of drug-likeness (QED) is 0.347. The second-order valence-electron chi connectivity index (χ2n) is 0.500. The van der Waals surface area contributed by atoms with Crippen molar-refractivity contribution in [3.63, 3.8) is 0 Å². The van der Waals surface area contributed by atoms with Gasteiger partial charge in [0, 0.05) is 0 Å². The standard InChI is InChI=1S/CH2O3.4H3N.3O.Zr/c2-1(3)4;;;;;;;;/h(H2,2,3,4);4*1H3;;;;/q;;;;;;2*-1;/p+2. The van der Waals surface area contributed by atoms with Crippen molar-refractivity contribution in [2.45, 2.75) is 0 Å². The van der Waals surface area contributed by atoms with Gasteiger partial charge in [0.2, 0.25) is 0 Å². The van der Waals surface area contributed by atoms with Crippen LogP contribution in [-0.4, -0.2) is 6.16 Å². The molecule has 0 fully saturated rings. The zero-order chi connectivity index (χ0) is 7.15. The molecule has 0 aromatic heterocycles. The minimum absolute atomic E-state index is 0. The molecule has 0 heterocycles. The molecule has 0 spiro atoms. The summed E-state index contributed by atoms with van der Waals surface area (Å²) in [7, 11) is 0. The molecule has 0 aromatic rings. The fourth-order valence-corrected chi connectivity index (χ4v) is 0. The maximum atomic E-state index is 8.61. The van der Waals surface area contributed by atoms with Crippen molar-refractivity contribution in [2.24, 2.45) is 0 Å². The van der Waals surface area contributed by atoms with Crippen molar-refractivity contribution < 1.29 is 46.8 Å². The summed E-state index contributed by atoms with van der Waals surface area (Å²) in [5, 5.41) is 16.7. The Morgan fingerprint density at radius 3 is 0.917 bits per heavy atom. The zero-order valence-corrected chi connectivity index (χ0v) is 9.91. The molecule has 10 nitrogen and oxygen atoms in total. The summed E-state index contributed by atoms with van der Waals surface area (Å²) in [5.74, 6) is 0. The van der Waals surface area contributed by atoms with E-state index >= 15 is 0 Å². The van der Waals surface area contributed by atoms with Crippen LogP contribution in [-0.2, 0) is 25.4 Å². The van der Waals surface area contributed by atoms with Gasteiger partial charge >= 0.3 is 31.8 Å². The van der Waals surface area contributed by atoms with Crippen molar-refractivity contribution in [3.05, 3.63) is 0 Å². The van der Waals surface area contributed by atoms with Crippen molar-refractivity contribution in [3.8, 4) is 0 Å². The number of quaternary nitrogens is 4. The molecule has 11 heteroatoms. The summed E-state index contributed by atoms with van der Waals surface area (Å²) < 4.78 is 25.8. The molecule has 0 radical (unpaired) electrons. The van der Waals surface area contributed by atoms with Crippen molar-refractivity contribution in [1.82, 2.24) is 24.6 Å². The van der Waals surface area contributed by atoms with Crippen molar-refractivity contribution in [1.29, 1.82) is 0 Å². The monoisotopic (exact) mass is 270 g/mol. The van der Waals surface area contributed by atoms with Crippen LogP contribution in [0.3, 0.4) is 0 Å². The molecule has 0 rings (SSSR count). The Labute approximate surface area is 77.9 Å². The van der Waals surface area contributed by atoms with E-state index in [9.17, 15) is 0 Å². The van der Waals surface area contributed by atoms with Gasteiger partial charge in [0.15, 0.2) is 0 Å². The molecule has 0 unspecified atom stereocenters. The first kappa shape index (κ1) is 41.2. The normalized spacial score (nSPS) is 4.17. The molecular formula is CH16N4O6Zr. The number of carbonyl (C=O) groups excluding carboxylic acids is 1. The molecule has 0 bridgehead atoms. The molecule has 0 aromatic carbocycles. The number of hydrogen-bond acceptors (Lipinski definition) is 6. The Balaban J connectivity index is -0.0000000112. The van der Waals surface area contributed by atoms with E-state index < -0.39 is 28.8 Å². The van der Waals surface area contributed by atoms with Crippen LogP contribution in [0.5, 0.6) is 0 Å². The molecule has 0 aliphatic heterocycles. The van der Waals surface area contributed by atoms with E-state index in [1.807, 2.05) is 0 Å². The molecule has 80 valence electrons. The van der Waals surface area contributed by atoms with Gasteiger partial charge in [-0.1, -0.05) is 0 Å². The molecule has 0 aliphatic carbocycles. The number of rotatable bonds is 0. The van der Waals surface area contributed by atoms with Gasteiger partial charge in [-0.3, -0.25) is 0 Å². The third-order valence-electron chi connectivity index (χ3n) is 0. The van der Waals surface area contributed by atoms with Crippen LogP contribution in [0.2, 0.25) is 0 Å². The minimum atomic E-state index is -4.29. The number of carbonyl (C=O) groups is 1. The van der Waals surface area contributed by atoms with E-state index in [-0.39, 0.29) is 24.6 Å². The van der Waals surface area contributed by atoms with E-state index in [2.05, 4.69) is 0 Å². The number of hydrogen-bond donors (Lipinski definition) is 4. The van der Waals surface area contributed by atoms with E-state index in [4.69, 9.17) is 24.2 Å². The SMILES string of the molecule is O=C([O-])[O-].[NH4+].[NH4+].[NH4+].[NH4+].[O]=[Zr]([O-])[O-]. The Kier molecular flexibility index (Phi) is 106. The van der Waals surface area contributed by atoms with Crippen molar-refractivity contribution in [2.75, 3.05) is 0 Å². The van der Waals surface area contributed by atoms with Gasteiger partial charge in [-0.25, -0.2) is 0 Å². The van der Waals surface area contributed by atoms with E-state index in [0.717, 1.165) is 0 Å². The Morgan fingerprint density at radius 1 is 0.917 bits per heavy atom. The molecule has 0 saturated carbocycles. The summed E-state index contributed by atoms with van der Waals surface area (Å²) in [5.41, 5.74) is 0. The van der Waals surface area contributed by atoms with Crippen LogP contribution in [0, 0.1) is 0 Å². The molecule has 0 aliphatic rings. The van der Waals surface area contributed by atoms with Gasteiger partial charge in [0.25, 0.3) is 0 Å².